The molecule has 3 heterocycles. The lowest BCUT2D eigenvalue weighted by atomic mass is 9.93. The molecule has 2 aromatic rings. The Morgan fingerprint density at radius 3 is 2.39 bits per heavy atom. The van der Waals surface area contributed by atoms with E-state index in [4.69, 9.17) is 0 Å². The molecule has 1 aromatic carbocycles. The quantitative estimate of drug-likeness (QED) is 0.709. The van der Waals surface area contributed by atoms with Crippen LogP contribution in [0.2, 0.25) is 0 Å². The molecular formula is C23H32Cl2N4O2. The minimum atomic E-state index is -0.0985. The van der Waals surface area contributed by atoms with Crippen molar-refractivity contribution < 1.29 is 4.79 Å². The molecule has 1 unspecified atom stereocenters. The minimum absolute atomic E-state index is 0. The number of hydrogen-bond acceptors (Lipinski definition) is 4. The summed E-state index contributed by atoms with van der Waals surface area (Å²) in [4.78, 5) is 33.5. The molecule has 1 atom stereocenters. The highest BCUT2D eigenvalue weighted by atomic mass is 35.5. The van der Waals surface area contributed by atoms with E-state index in [0.717, 1.165) is 62.6 Å². The van der Waals surface area contributed by atoms with Crippen molar-refractivity contribution in [1.82, 2.24) is 20.2 Å². The molecule has 2 N–H and O–H groups in total. The van der Waals surface area contributed by atoms with Crippen LogP contribution in [0, 0.1) is 12.8 Å². The Kier molecular flexibility index (Phi) is 9.54. The second kappa shape index (κ2) is 11.7. The van der Waals surface area contributed by atoms with Crippen molar-refractivity contribution in [3.05, 3.63) is 63.3 Å². The number of aryl methyl sites for hydroxylation is 1. The zero-order valence-electron chi connectivity index (χ0n) is 17.9. The zero-order valence-corrected chi connectivity index (χ0v) is 19.6. The predicted octanol–water partition coefficient (Wildman–Crippen LogP) is 3.02. The number of halogens is 2. The molecule has 1 aromatic heterocycles. The van der Waals surface area contributed by atoms with Gasteiger partial charge in [-0.05, 0) is 62.7 Å². The average Bonchev–Trinajstić information content (AvgIpc) is 3.22. The minimum Gasteiger partial charge on any atom is -0.342 e. The highest BCUT2D eigenvalue weighted by Gasteiger charge is 2.25. The average molecular weight is 467 g/mol. The van der Waals surface area contributed by atoms with Gasteiger partial charge >= 0.3 is 0 Å². The number of H-pyrrole nitrogens is 1. The Morgan fingerprint density at radius 1 is 1.10 bits per heavy atom. The summed E-state index contributed by atoms with van der Waals surface area (Å²) >= 11 is 0. The number of rotatable bonds is 5. The molecule has 0 radical (unpaired) electrons. The van der Waals surface area contributed by atoms with E-state index < -0.39 is 0 Å². The Hall–Kier alpha value is -1.89. The maximum Gasteiger partial charge on any atom is 0.251 e. The number of hydrogen-bond donors (Lipinski definition) is 2. The van der Waals surface area contributed by atoms with Gasteiger partial charge in [-0.25, -0.2) is 4.98 Å². The summed E-state index contributed by atoms with van der Waals surface area (Å²) in [6.45, 7) is 5.50. The highest BCUT2D eigenvalue weighted by molar-refractivity contribution is 5.85. The van der Waals surface area contributed by atoms with Gasteiger partial charge in [-0.2, -0.15) is 0 Å². The fourth-order valence-corrected chi connectivity index (χ4v) is 4.54. The van der Waals surface area contributed by atoms with Crippen LogP contribution in [0.3, 0.4) is 0 Å². The van der Waals surface area contributed by atoms with Crippen LogP contribution in [0.1, 0.15) is 47.8 Å². The summed E-state index contributed by atoms with van der Waals surface area (Å²) in [7, 11) is 0. The van der Waals surface area contributed by atoms with Crippen LogP contribution in [-0.2, 0) is 17.6 Å². The second-order valence-electron chi connectivity index (χ2n) is 8.47. The second-order valence-corrected chi connectivity index (χ2v) is 8.47. The van der Waals surface area contributed by atoms with E-state index in [0.29, 0.717) is 12.2 Å². The number of amides is 1. The van der Waals surface area contributed by atoms with Crippen LogP contribution < -0.4 is 10.9 Å². The largest absolute Gasteiger partial charge is 0.342 e. The fraction of sp³-hybridized carbons (Fsp3) is 0.522. The van der Waals surface area contributed by atoms with E-state index in [1.165, 1.54) is 12.0 Å². The van der Waals surface area contributed by atoms with Gasteiger partial charge in [0.1, 0.15) is 5.82 Å². The van der Waals surface area contributed by atoms with Gasteiger partial charge in [-0.15, -0.1) is 24.8 Å². The molecule has 2 aliphatic heterocycles. The topological polar surface area (TPSA) is 78.1 Å². The van der Waals surface area contributed by atoms with E-state index in [1.54, 1.807) is 13.0 Å². The standard InChI is InChI=1S/C23H30N4O2.2ClH/c1-16-25-21(14-22(28)26-16)20-7-10-27(11-8-20)23(29)13-18-4-2-17(3-5-18)12-19-6-9-24-15-19;;/h2-5,14,19-20,24H,6-13,15H2,1H3,(H,25,26,28);2*1H. The molecule has 1 amide bonds. The van der Waals surface area contributed by atoms with Gasteiger partial charge in [0.25, 0.3) is 5.56 Å². The summed E-state index contributed by atoms with van der Waals surface area (Å²) in [6, 6.07) is 10.1. The summed E-state index contributed by atoms with van der Waals surface area (Å²) in [5.74, 6) is 1.83. The van der Waals surface area contributed by atoms with Gasteiger partial charge in [0.05, 0.1) is 12.1 Å². The van der Waals surface area contributed by atoms with Crippen LogP contribution >= 0.6 is 24.8 Å². The number of nitrogens with zero attached hydrogens (tertiary/aromatic N) is 2. The first-order valence-electron chi connectivity index (χ1n) is 10.7. The molecule has 6 nitrogen and oxygen atoms in total. The van der Waals surface area contributed by atoms with E-state index in [9.17, 15) is 9.59 Å². The van der Waals surface area contributed by atoms with Crippen LogP contribution in [0.4, 0.5) is 0 Å². The smallest absolute Gasteiger partial charge is 0.251 e. The lowest BCUT2D eigenvalue weighted by Crippen LogP contribution is -2.39. The Bertz CT molecular complexity index is 903. The van der Waals surface area contributed by atoms with Gasteiger partial charge in [-0.3, -0.25) is 9.59 Å². The van der Waals surface area contributed by atoms with Crippen molar-refractivity contribution in [2.45, 2.75) is 44.9 Å². The fourth-order valence-electron chi connectivity index (χ4n) is 4.54. The molecule has 0 aliphatic carbocycles. The van der Waals surface area contributed by atoms with E-state index in [2.05, 4.69) is 39.6 Å². The molecule has 2 aliphatic rings. The van der Waals surface area contributed by atoms with Crippen LogP contribution in [0.25, 0.3) is 0 Å². The van der Waals surface area contributed by atoms with Crippen LogP contribution in [-0.4, -0.2) is 47.0 Å². The van der Waals surface area contributed by atoms with E-state index >= 15 is 0 Å². The number of piperidine rings is 1. The van der Waals surface area contributed by atoms with Gasteiger partial charge in [0.15, 0.2) is 0 Å². The molecule has 4 rings (SSSR count). The maximum absolute atomic E-state index is 12.7. The monoisotopic (exact) mass is 466 g/mol. The number of aromatic amines is 1. The molecule has 31 heavy (non-hydrogen) atoms. The summed E-state index contributed by atoms with van der Waals surface area (Å²) < 4.78 is 0. The number of nitrogens with one attached hydrogen (secondary N) is 2. The number of benzene rings is 1. The molecule has 0 spiro atoms. The molecule has 0 bridgehead atoms. The van der Waals surface area contributed by atoms with E-state index in [-0.39, 0.29) is 42.2 Å². The van der Waals surface area contributed by atoms with Crippen molar-refractivity contribution in [1.29, 1.82) is 0 Å². The van der Waals surface area contributed by atoms with Gasteiger partial charge in [0, 0.05) is 25.1 Å². The van der Waals surface area contributed by atoms with Crippen molar-refractivity contribution in [2.75, 3.05) is 26.2 Å². The molecule has 2 saturated heterocycles. The first-order valence-corrected chi connectivity index (χ1v) is 10.7. The summed E-state index contributed by atoms with van der Waals surface area (Å²) in [5.41, 5.74) is 3.19. The summed E-state index contributed by atoms with van der Waals surface area (Å²) in [6.07, 6.45) is 4.54. The normalized spacial score (nSPS) is 18.9. The Balaban J connectivity index is 0.00000171. The molecule has 8 heteroatoms. The van der Waals surface area contributed by atoms with Crippen LogP contribution in [0.5, 0.6) is 0 Å². The van der Waals surface area contributed by atoms with Crippen molar-refractivity contribution in [3.8, 4) is 0 Å². The van der Waals surface area contributed by atoms with Crippen molar-refractivity contribution in [3.63, 3.8) is 0 Å². The third-order valence-electron chi connectivity index (χ3n) is 6.21. The number of likely N-dealkylation sites (tertiary alicyclic amines) is 1. The molecule has 2 fully saturated rings. The lowest BCUT2D eigenvalue weighted by molar-refractivity contribution is -0.131. The zero-order chi connectivity index (χ0) is 20.2. The SMILES string of the molecule is Cc1nc(C2CCN(C(=O)Cc3ccc(CC4CCNC4)cc3)CC2)cc(=O)[nH]1.Cl.Cl. The molecule has 170 valence electrons. The molecule has 0 saturated carbocycles. The van der Waals surface area contributed by atoms with Crippen molar-refractivity contribution in [2.24, 2.45) is 5.92 Å². The van der Waals surface area contributed by atoms with Gasteiger partial charge in [-0.1, -0.05) is 24.3 Å². The van der Waals surface area contributed by atoms with Gasteiger partial charge < -0.3 is 15.2 Å². The lowest BCUT2D eigenvalue weighted by Gasteiger charge is -2.32. The van der Waals surface area contributed by atoms with E-state index in [1.807, 2.05) is 4.90 Å². The first kappa shape index (κ1) is 25.4. The predicted molar refractivity (Wildman–Crippen MR) is 127 cm³/mol. The number of aromatic nitrogens is 2. The number of carbonyl (C=O) groups is 1. The first-order chi connectivity index (χ1) is 14.1. The maximum atomic E-state index is 12.7. The Morgan fingerprint density at radius 2 is 1.77 bits per heavy atom. The van der Waals surface area contributed by atoms with Gasteiger partial charge in [0.2, 0.25) is 5.91 Å². The highest BCUT2D eigenvalue weighted by Crippen LogP contribution is 2.26. The Labute approximate surface area is 196 Å². The summed E-state index contributed by atoms with van der Waals surface area (Å²) in [5, 5.41) is 3.41. The number of carbonyl (C=O) groups excluding carboxylic acids is 1. The third-order valence-corrected chi connectivity index (χ3v) is 6.21. The third kappa shape index (κ3) is 6.79. The van der Waals surface area contributed by atoms with Crippen molar-refractivity contribution >= 4 is 30.7 Å². The van der Waals surface area contributed by atoms with Crippen LogP contribution in [0.15, 0.2) is 35.1 Å². The molecular weight excluding hydrogens is 435 g/mol.